The fourth-order valence-electron chi connectivity index (χ4n) is 2.33. The highest BCUT2D eigenvalue weighted by Gasteiger charge is 2.40. The molecule has 2 atom stereocenters. The van der Waals surface area contributed by atoms with Gasteiger partial charge < -0.3 is 10.4 Å². The minimum absolute atomic E-state index is 0.0298. The highest BCUT2D eigenvalue weighted by atomic mass is 32.2. The number of nitrogens with one attached hydrogen (secondary N) is 1. The van der Waals surface area contributed by atoms with Crippen molar-refractivity contribution in [2.24, 2.45) is 0 Å². The van der Waals surface area contributed by atoms with E-state index in [-0.39, 0.29) is 11.4 Å². The molecule has 0 aliphatic carbocycles. The van der Waals surface area contributed by atoms with Crippen molar-refractivity contribution in [3.63, 3.8) is 0 Å². The molecule has 1 aromatic rings. The molecule has 0 radical (unpaired) electrons. The highest BCUT2D eigenvalue weighted by Crippen LogP contribution is 2.32. The Bertz CT molecular complexity index is 479. The predicted octanol–water partition coefficient (Wildman–Crippen LogP) is 2.63. The van der Waals surface area contributed by atoms with Crippen LogP contribution in [0, 0.1) is 0 Å². The lowest BCUT2D eigenvalue weighted by atomic mass is 10.2. The zero-order valence-electron chi connectivity index (χ0n) is 11.9. The summed E-state index contributed by atoms with van der Waals surface area (Å²) in [5.74, 6) is -0.451. The summed E-state index contributed by atoms with van der Waals surface area (Å²) in [5.41, 5.74) is 0. The largest absolute Gasteiger partial charge is 0.480 e. The predicted molar refractivity (Wildman–Crippen MR) is 85.8 cm³/mol. The van der Waals surface area contributed by atoms with Gasteiger partial charge in [-0.25, -0.2) is 9.59 Å². The molecule has 116 valence electrons. The van der Waals surface area contributed by atoms with E-state index in [0.717, 1.165) is 19.3 Å². The molecule has 2 N–H and O–H groups in total. The second kappa shape index (κ2) is 7.70. The molecule has 2 heterocycles. The Morgan fingerprint density at radius 1 is 1.52 bits per heavy atom. The van der Waals surface area contributed by atoms with Crippen molar-refractivity contribution in [3.8, 4) is 0 Å². The van der Waals surface area contributed by atoms with Gasteiger partial charge in [0, 0.05) is 17.2 Å². The van der Waals surface area contributed by atoms with Gasteiger partial charge in [-0.2, -0.15) is 0 Å². The molecule has 1 aliphatic heterocycles. The van der Waals surface area contributed by atoms with E-state index in [2.05, 4.69) is 5.32 Å². The topological polar surface area (TPSA) is 69.6 Å². The van der Waals surface area contributed by atoms with Crippen molar-refractivity contribution in [3.05, 3.63) is 22.4 Å². The van der Waals surface area contributed by atoms with Crippen molar-refractivity contribution < 1.29 is 14.7 Å². The molecule has 21 heavy (non-hydrogen) atoms. The molecule has 2 unspecified atom stereocenters. The van der Waals surface area contributed by atoms with E-state index in [4.69, 9.17) is 0 Å². The Balaban J connectivity index is 1.91. The summed E-state index contributed by atoms with van der Waals surface area (Å²) >= 11 is 3.22. The number of carboxylic acids is 1. The van der Waals surface area contributed by atoms with Crippen LogP contribution in [0.25, 0.3) is 0 Å². The number of thioether (sulfide) groups is 1. The van der Waals surface area contributed by atoms with Crippen LogP contribution < -0.4 is 5.32 Å². The van der Waals surface area contributed by atoms with E-state index in [1.807, 2.05) is 24.4 Å². The molecule has 1 fully saturated rings. The average Bonchev–Trinajstić information content (AvgIpc) is 3.08. The van der Waals surface area contributed by atoms with Gasteiger partial charge in [-0.3, -0.25) is 4.90 Å². The SMILES string of the molecule is CCCC1SCC(C(=O)O)N1C(=O)NCCc1cccs1. The molecule has 1 saturated heterocycles. The Morgan fingerprint density at radius 3 is 2.95 bits per heavy atom. The van der Waals surface area contributed by atoms with Gasteiger partial charge in [0.05, 0.1) is 5.37 Å². The number of aliphatic carboxylic acids is 1. The maximum Gasteiger partial charge on any atom is 0.327 e. The summed E-state index contributed by atoms with van der Waals surface area (Å²) < 4.78 is 0. The molecule has 2 rings (SSSR count). The van der Waals surface area contributed by atoms with Crippen LogP contribution in [0.3, 0.4) is 0 Å². The third-order valence-corrected chi connectivity index (χ3v) is 5.67. The first-order valence-corrected chi connectivity index (χ1v) is 8.99. The van der Waals surface area contributed by atoms with Gasteiger partial charge in [0.2, 0.25) is 0 Å². The summed E-state index contributed by atoms with van der Waals surface area (Å²) in [5, 5.41) is 14.1. The monoisotopic (exact) mass is 328 g/mol. The third kappa shape index (κ3) is 4.14. The molecular weight excluding hydrogens is 308 g/mol. The molecule has 0 bridgehead atoms. The number of carbonyl (C=O) groups excluding carboxylic acids is 1. The minimum atomic E-state index is -0.922. The van der Waals surface area contributed by atoms with Gasteiger partial charge in [0.15, 0.2) is 0 Å². The summed E-state index contributed by atoms with van der Waals surface area (Å²) in [4.78, 5) is 26.3. The third-order valence-electron chi connectivity index (χ3n) is 3.38. The second-order valence-electron chi connectivity index (χ2n) is 4.90. The smallest absolute Gasteiger partial charge is 0.327 e. The Morgan fingerprint density at radius 2 is 2.33 bits per heavy atom. The van der Waals surface area contributed by atoms with Gasteiger partial charge in [-0.1, -0.05) is 19.4 Å². The molecule has 5 nitrogen and oxygen atoms in total. The number of urea groups is 1. The summed E-state index contributed by atoms with van der Waals surface area (Å²) in [6.07, 6.45) is 2.54. The first-order chi connectivity index (χ1) is 10.1. The zero-order chi connectivity index (χ0) is 15.2. The van der Waals surface area contributed by atoms with E-state index < -0.39 is 12.0 Å². The van der Waals surface area contributed by atoms with Crippen LogP contribution in [-0.4, -0.2) is 45.7 Å². The van der Waals surface area contributed by atoms with Crippen LogP contribution in [0.2, 0.25) is 0 Å². The van der Waals surface area contributed by atoms with Crippen LogP contribution in [0.5, 0.6) is 0 Å². The summed E-state index contributed by atoms with van der Waals surface area (Å²) in [6.45, 7) is 2.58. The lowest BCUT2D eigenvalue weighted by Gasteiger charge is -2.27. The van der Waals surface area contributed by atoms with Crippen LogP contribution >= 0.6 is 23.1 Å². The fourth-order valence-corrected chi connectivity index (χ4v) is 4.56. The number of hydrogen-bond donors (Lipinski definition) is 2. The normalized spacial score (nSPS) is 21.5. The number of carboxylic acid groups (broad SMARTS) is 1. The van der Waals surface area contributed by atoms with E-state index >= 15 is 0 Å². The number of thiophene rings is 1. The van der Waals surface area contributed by atoms with Crippen LogP contribution in [0.4, 0.5) is 4.79 Å². The zero-order valence-corrected chi connectivity index (χ0v) is 13.6. The van der Waals surface area contributed by atoms with E-state index in [0.29, 0.717) is 12.3 Å². The van der Waals surface area contributed by atoms with Gasteiger partial charge >= 0.3 is 12.0 Å². The summed E-state index contributed by atoms with van der Waals surface area (Å²) in [6, 6.07) is 3.04. The Hall–Kier alpha value is -1.21. The van der Waals surface area contributed by atoms with Gasteiger partial charge in [0.1, 0.15) is 6.04 Å². The maximum absolute atomic E-state index is 12.3. The second-order valence-corrected chi connectivity index (χ2v) is 7.14. The lowest BCUT2D eigenvalue weighted by molar-refractivity contribution is -0.141. The number of rotatable bonds is 6. The van der Waals surface area contributed by atoms with Crippen LogP contribution in [-0.2, 0) is 11.2 Å². The molecule has 7 heteroatoms. The first kappa shape index (κ1) is 16.2. The molecule has 0 spiro atoms. The molecule has 1 aliphatic rings. The van der Waals surface area contributed by atoms with Crippen molar-refractivity contribution in [1.82, 2.24) is 10.2 Å². The number of carbonyl (C=O) groups is 2. The number of hydrogen-bond acceptors (Lipinski definition) is 4. The molecule has 1 aromatic heterocycles. The van der Waals surface area contributed by atoms with E-state index in [1.54, 1.807) is 23.1 Å². The quantitative estimate of drug-likeness (QED) is 0.842. The van der Waals surface area contributed by atoms with Crippen LogP contribution in [0.15, 0.2) is 17.5 Å². The summed E-state index contributed by atoms with van der Waals surface area (Å²) in [7, 11) is 0. The van der Waals surface area contributed by atoms with Crippen molar-refractivity contribution in [1.29, 1.82) is 0 Å². The molecular formula is C14H20N2O3S2. The minimum Gasteiger partial charge on any atom is -0.480 e. The lowest BCUT2D eigenvalue weighted by Crippen LogP contribution is -2.50. The maximum atomic E-state index is 12.3. The van der Waals surface area contributed by atoms with Gasteiger partial charge in [-0.15, -0.1) is 23.1 Å². The van der Waals surface area contributed by atoms with Gasteiger partial charge in [0.25, 0.3) is 0 Å². The van der Waals surface area contributed by atoms with Crippen molar-refractivity contribution in [2.75, 3.05) is 12.3 Å². The van der Waals surface area contributed by atoms with Crippen molar-refractivity contribution in [2.45, 2.75) is 37.6 Å². The number of amides is 2. The fraction of sp³-hybridized carbons (Fsp3) is 0.571. The number of nitrogens with zero attached hydrogens (tertiary/aromatic N) is 1. The average molecular weight is 328 g/mol. The molecule has 2 amide bonds. The van der Waals surface area contributed by atoms with Crippen molar-refractivity contribution >= 4 is 35.1 Å². The highest BCUT2D eigenvalue weighted by molar-refractivity contribution is 8.00. The molecule has 0 aromatic carbocycles. The standard InChI is InChI=1S/C14H20N2O3S2/c1-2-4-12-16(11(9-21-12)13(17)18)14(19)15-7-6-10-5-3-8-20-10/h3,5,8,11-12H,2,4,6-7,9H2,1H3,(H,15,19)(H,17,18). The van der Waals surface area contributed by atoms with Gasteiger partial charge in [-0.05, 0) is 24.3 Å². The Kier molecular flexibility index (Phi) is 5.93. The Labute approximate surface area is 132 Å². The van der Waals surface area contributed by atoms with E-state index in [9.17, 15) is 14.7 Å². The van der Waals surface area contributed by atoms with Crippen LogP contribution in [0.1, 0.15) is 24.6 Å². The molecule has 0 saturated carbocycles. The first-order valence-electron chi connectivity index (χ1n) is 7.06. The van der Waals surface area contributed by atoms with E-state index in [1.165, 1.54) is 9.78 Å².